The van der Waals surface area contributed by atoms with Gasteiger partial charge in [-0.05, 0) is 44.3 Å². The van der Waals surface area contributed by atoms with E-state index >= 15 is 0 Å². The van der Waals surface area contributed by atoms with Crippen molar-refractivity contribution in [1.29, 1.82) is 0 Å². The third-order valence-electron chi connectivity index (χ3n) is 3.62. The lowest BCUT2D eigenvalue weighted by Crippen LogP contribution is -2.30. The number of carbonyl (C=O) groups is 1. The highest BCUT2D eigenvalue weighted by Gasteiger charge is 2.17. The van der Waals surface area contributed by atoms with Gasteiger partial charge in [-0.3, -0.25) is 14.9 Å². The molecule has 1 saturated heterocycles. The summed E-state index contributed by atoms with van der Waals surface area (Å²) >= 11 is 0. The standard InChI is InChI=1S/C14H19N3O4/c15-14(18)12-8-11(17(19)20)3-4-13(12)21-7-5-10-2-1-6-16-9-10/h3-4,8,10,16H,1-2,5-7,9H2,(H2,15,18). The molecule has 21 heavy (non-hydrogen) atoms. The fourth-order valence-electron chi connectivity index (χ4n) is 2.46. The smallest absolute Gasteiger partial charge is 0.270 e. The zero-order chi connectivity index (χ0) is 15.2. The highest BCUT2D eigenvalue weighted by molar-refractivity contribution is 5.96. The number of hydrogen-bond acceptors (Lipinski definition) is 5. The molecule has 1 aliphatic heterocycles. The van der Waals surface area contributed by atoms with Crippen LogP contribution in [0.4, 0.5) is 5.69 Å². The molecule has 1 aromatic rings. The van der Waals surface area contributed by atoms with E-state index in [9.17, 15) is 14.9 Å². The molecule has 114 valence electrons. The van der Waals surface area contributed by atoms with Crippen molar-refractivity contribution in [3.8, 4) is 5.75 Å². The zero-order valence-corrected chi connectivity index (χ0v) is 11.7. The number of primary amides is 1. The van der Waals surface area contributed by atoms with Crippen molar-refractivity contribution >= 4 is 11.6 Å². The topological polar surface area (TPSA) is 107 Å². The summed E-state index contributed by atoms with van der Waals surface area (Å²) < 4.78 is 5.58. The molecule has 7 nitrogen and oxygen atoms in total. The van der Waals surface area contributed by atoms with Gasteiger partial charge >= 0.3 is 0 Å². The van der Waals surface area contributed by atoms with Crippen molar-refractivity contribution < 1.29 is 14.5 Å². The summed E-state index contributed by atoms with van der Waals surface area (Å²) in [5, 5.41) is 14.0. The third kappa shape index (κ3) is 4.16. The van der Waals surface area contributed by atoms with Crippen LogP contribution in [0.2, 0.25) is 0 Å². The van der Waals surface area contributed by atoms with Crippen LogP contribution in [0.3, 0.4) is 0 Å². The van der Waals surface area contributed by atoms with Crippen molar-refractivity contribution in [1.82, 2.24) is 5.32 Å². The maximum atomic E-state index is 11.4. The van der Waals surface area contributed by atoms with Gasteiger partial charge in [0.05, 0.1) is 17.1 Å². The molecule has 1 unspecified atom stereocenters. The summed E-state index contributed by atoms with van der Waals surface area (Å²) in [5.74, 6) is 0.138. The molecule has 1 aromatic carbocycles. The molecule has 1 fully saturated rings. The van der Waals surface area contributed by atoms with Gasteiger partial charge in [0.1, 0.15) is 5.75 Å². The highest BCUT2D eigenvalue weighted by atomic mass is 16.6. The van der Waals surface area contributed by atoms with Gasteiger partial charge in [0.15, 0.2) is 0 Å². The molecule has 1 aliphatic rings. The van der Waals surface area contributed by atoms with Crippen LogP contribution in [0.15, 0.2) is 18.2 Å². The lowest BCUT2D eigenvalue weighted by Gasteiger charge is -2.22. The molecule has 0 aromatic heterocycles. The third-order valence-corrected chi connectivity index (χ3v) is 3.62. The number of piperidine rings is 1. The van der Waals surface area contributed by atoms with Crippen molar-refractivity contribution in [2.24, 2.45) is 11.7 Å². The number of amides is 1. The number of nitro benzene ring substituents is 1. The van der Waals surface area contributed by atoms with Gasteiger partial charge < -0.3 is 15.8 Å². The minimum absolute atomic E-state index is 0.0472. The Labute approximate surface area is 122 Å². The molecule has 2 rings (SSSR count). The first-order valence-corrected chi connectivity index (χ1v) is 6.99. The maximum Gasteiger partial charge on any atom is 0.270 e. The van der Waals surface area contributed by atoms with Crippen LogP contribution in [0, 0.1) is 16.0 Å². The molecule has 0 spiro atoms. The molecular formula is C14H19N3O4. The monoisotopic (exact) mass is 293 g/mol. The highest BCUT2D eigenvalue weighted by Crippen LogP contribution is 2.24. The Morgan fingerprint density at radius 3 is 2.95 bits per heavy atom. The van der Waals surface area contributed by atoms with E-state index in [-0.39, 0.29) is 11.3 Å². The Kier molecular flexibility index (Phi) is 5.10. The Bertz CT molecular complexity index is 527. The van der Waals surface area contributed by atoms with E-state index in [1.54, 1.807) is 0 Å². The van der Waals surface area contributed by atoms with Crippen molar-refractivity contribution in [2.75, 3.05) is 19.7 Å². The van der Waals surface area contributed by atoms with Crippen molar-refractivity contribution in [3.05, 3.63) is 33.9 Å². The molecule has 1 amide bonds. The van der Waals surface area contributed by atoms with E-state index in [1.807, 2.05) is 0 Å². The second kappa shape index (κ2) is 7.03. The number of nitrogens with one attached hydrogen (secondary N) is 1. The minimum atomic E-state index is -0.729. The average Bonchev–Trinajstić information content (AvgIpc) is 2.48. The fraction of sp³-hybridized carbons (Fsp3) is 0.500. The van der Waals surface area contributed by atoms with Crippen LogP contribution in [0.25, 0.3) is 0 Å². The van der Waals surface area contributed by atoms with Gasteiger partial charge in [-0.25, -0.2) is 0 Å². The first-order valence-electron chi connectivity index (χ1n) is 6.99. The van der Waals surface area contributed by atoms with Crippen LogP contribution >= 0.6 is 0 Å². The van der Waals surface area contributed by atoms with Gasteiger partial charge in [-0.15, -0.1) is 0 Å². The number of non-ortho nitro benzene ring substituents is 1. The van der Waals surface area contributed by atoms with Gasteiger partial charge in [-0.1, -0.05) is 0 Å². The Balaban J connectivity index is 1.98. The first-order chi connectivity index (χ1) is 10.1. The number of benzene rings is 1. The molecule has 3 N–H and O–H groups in total. The van der Waals surface area contributed by atoms with Gasteiger partial charge in [-0.2, -0.15) is 0 Å². The summed E-state index contributed by atoms with van der Waals surface area (Å²) in [4.78, 5) is 21.5. The molecule has 1 atom stereocenters. The first kappa shape index (κ1) is 15.2. The predicted octanol–water partition coefficient (Wildman–Crippen LogP) is 1.46. The van der Waals surface area contributed by atoms with Gasteiger partial charge in [0.25, 0.3) is 11.6 Å². The predicted molar refractivity (Wildman–Crippen MR) is 77.3 cm³/mol. The van der Waals surface area contributed by atoms with Crippen LogP contribution in [-0.4, -0.2) is 30.5 Å². The van der Waals surface area contributed by atoms with Crippen LogP contribution < -0.4 is 15.8 Å². The number of rotatable bonds is 6. The van der Waals surface area contributed by atoms with E-state index in [1.165, 1.54) is 18.6 Å². The van der Waals surface area contributed by atoms with E-state index in [0.717, 1.165) is 32.0 Å². The molecule has 1 heterocycles. The minimum Gasteiger partial charge on any atom is -0.493 e. The summed E-state index contributed by atoms with van der Waals surface area (Å²) in [6.45, 7) is 2.50. The van der Waals surface area contributed by atoms with Crippen LogP contribution in [0.5, 0.6) is 5.75 Å². The largest absolute Gasteiger partial charge is 0.493 e. The van der Waals surface area contributed by atoms with E-state index in [2.05, 4.69) is 5.32 Å². The summed E-state index contributed by atoms with van der Waals surface area (Å²) in [6.07, 6.45) is 3.20. The molecule has 0 saturated carbocycles. The number of hydrogen-bond donors (Lipinski definition) is 2. The Hall–Kier alpha value is -2.15. The number of nitro groups is 1. The second-order valence-electron chi connectivity index (χ2n) is 5.15. The average molecular weight is 293 g/mol. The maximum absolute atomic E-state index is 11.4. The lowest BCUT2D eigenvalue weighted by atomic mass is 9.97. The van der Waals surface area contributed by atoms with Gasteiger partial charge in [0, 0.05) is 12.1 Å². The lowest BCUT2D eigenvalue weighted by molar-refractivity contribution is -0.384. The molecular weight excluding hydrogens is 274 g/mol. The Morgan fingerprint density at radius 2 is 2.33 bits per heavy atom. The number of ether oxygens (including phenoxy) is 1. The Morgan fingerprint density at radius 1 is 1.52 bits per heavy atom. The molecule has 7 heteroatoms. The zero-order valence-electron chi connectivity index (χ0n) is 11.7. The van der Waals surface area contributed by atoms with Crippen molar-refractivity contribution in [3.63, 3.8) is 0 Å². The van der Waals surface area contributed by atoms with Crippen molar-refractivity contribution in [2.45, 2.75) is 19.3 Å². The SMILES string of the molecule is NC(=O)c1cc([N+](=O)[O-])ccc1OCCC1CCCNC1. The summed E-state index contributed by atoms with van der Waals surface area (Å²) in [7, 11) is 0. The normalized spacial score (nSPS) is 18.2. The van der Waals surface area contributed by atoms with Crippen LogP contribution in [0.1, 0.15) is 29.6 Å². The number of nitrogens with two attached hydrogens (primary N) is 1. The number of nitrogens with zero attached hydrogens (tertiary/aromatic N) is 1. The molecule has 0 bridgehead atoms. The quantitative estimate of drug-likeness (QED) is 0.610. The second-order valence-corrected chi connectivity index (χ2v) is 5.15. The molecule has 0 aliphatic carbocycles. The number of carbonyl (C=O) groups excluding carboxylic acids is 1. The molecule has 0 radical (unpaired) electrons. The summed E-state index contributed by atoms with van der Waals surface area (Å²) in [6, 6.07) is 3.89. The fourth-order valence-corrected chi connectivity index (χ4v) is 2.46. The van der Waals surface area contributed by atoms with Crippen LogP contribution in [-0.2, 0) is 0 Å². The van der Waals surface area contributed by atoms with E-state index < -0.39 is 10.8 Å². The summed E-state index contributed by atoms with van der Waals surface area (Å²) in [5.41, 5.74) is 5.12. The van der Waals surface area contributed by atoms with E-state index in [0.29, 0.717) is 18.3 Å². The van der Waals surface area contributed by atoms with Gasteiger partial charge in [0.2, 0.25) is 0 Å². The van der Waals surface area contributed by atoms with E-state index in [4.69, 9.17) is 10.5 Å².